The van der Waals surface area contributed by atoms with Gasteiger partial charge in [-0.3, -0.25) is 5.10 Å². The smallest absolute Gasteiger partial charge is 0.243 e. The molecule has 84 valence electrons. The first-order valence-electron chi connectivity index (χ1n) is 4.96. The summed E-state index contributed by atoms with van der Waals surface area (Å²) >= 11 is 0. The van der Waals surface area contributed by atoms with Crippen molar-refractivity contribution in [3.63, 3.8) is 0 Å². The number of nitrogens with zero attached hydrogens (tertiary/aromatic N) is 5. The quantitative estimate of drug-likeness (QED) is 0.792. The van der Waals surface area contributed by atoms with E-state index in [2.05, 4.69) is 35.7 Å². The fourth-order valence-electron chi connectivity index (χ4n) is 1.20. The molecule has 0 aromatic carbocycles. The lowest BCUT2D eigenvalue weighted by molar-refractivity contribution is 0.767. The Labute approximate surface area is 92.7 Å². The number of aryl methyl sites for hydroxylation is 2. The molecular formula is C9H13N7. The average molecular weight is 219 g/mol. The number of hydrogen-bond donors (Lipinski definition) is 2. The predicted molar refractivity (Wildman–Crippen MR) is 57.7 cm³/mol. The maximum atomic E-state index is 4.28. The van der Waals surface area contributed by atoms with Crippen LogP contribution in [0.3, 0.4) is 0 Å². The molecule has 2 heterocycles. The van der Waals surface area contributed by atoms with Crippen LogP contribution >= 0.6 is 0 Å². The third-order valence-corrected chi connectivity index (χ3v) is 2.28. The van der Waals surface area contributed by atoms with Gasteiger partial charge < -0.3 is 5.32 Å². The van der Waals surface area contributed by atoms with Gasteiger partial charge in [0.25, 0.3) is 0 Å². The minimum Gasteiger partial charge on any atom is -0.343 e. The summed E-state index contributed by atoms with van der Waals surface area (Å²) in [6.07, 6.45) is 1.47. The van der Waals surface area contributed by atoms with Gasteiger partial charge in [-0.2, -0.15) is 10.2 Å². The summed E-state index contributed by atoms with van der Waals surface area (Å²) in [6.45, 7) is 5.71. The van der Waals surface area contributed by atoms with Gasteiger partial charge in [-0.05, 0) is 20.8 Å². The van der Waals surface area contributed by atoms with Crippen molar-refractivity contribution in [3.05, 3.63) is 23.5 Å². The topological polar surface area (TPSA) is 92.3 Å². The fraction of sp³-hybridized carbons (Fsp3) is 0.444. The van der Waals surface area contributed by atoms with Crippen LogP contribution in [-0.2, 0) is 0 Å². The maximum absolute atomic E-state index is 4.28. The van der Waals surface area contributed by atoms with E-state index >= 15 is 0 Å². The minimum absolute atomic E-state index is 0.0357. The number of aromatic nitrogens is 6. The number of H-pyrrole nitrogens is 1. The molecular weight excluding hydrogens is 206 g/mol. The normalized spacial score (nSPS) is 12.4. The monoisotopic (exact) mass is 219 g/mol. The van der Waals surface area contributed by atoms with Crippen molar-refractivity contribution < 1.29 is 0 Å². The van der Waals surface area contributed by atoms with Gasteiger partial charge in [0.1, 0.15) is 12.2 Å². The van der Waals surface area contributed by atoms with E-state index in [1.807, 2.05) is 20.8 Å². The molecule has 0 fully saturated rings. The van der Waals surface area contributed by atoms with Crippen LogP contribution in [0.15, 0.2) is 6.33 Å². The average Bonchev–Trinajstić information content (AvgIpc) is 2.77. The molecule has 0 saturated heterocycles. The van der Waals surface area contributed by atoms with Crippen molar-refractivity contribution in [2.24, 2.45) is 0 Å². The number of rotatable bonds is 3. The van der Waals surface area contributed by atoms with E-state index in [0.717, 1.165) is 17.2 Å². The van der Waals surface area contributed by atoms with Crippen molar-refractivity contribution in [2.75, 3.05) is 5.32 Å². The molecule has 2 aromatic rings. The van der Waals surface area contributed by atoms with Gasteiger partial charge >= 0.3 is 0 Å². The molecule has 0 spiro atoms. The van der Waals surface area contributed by atoms with E-state index in [0.29, 0.717) is 5.95 Å². The van der Waals surface area contributed by atoms with Gasteiger partial charge in [-0.1, -0.05) is 0 Å². The van der Waals surface area contributed by atoms with E-state index in [9.17, 15) is 0 Å². The highest BCUT2D eigenvalue weighted by atomic mass is 15.3. The van der Waals surface area contributed by atoms with E-state index in [1.54, 1.807) is 0 Å². The van der Waals surface area contributed by atoms with Gasteiger partial charge in [0.15, 0.2) is 0 Å². The molecule has 2 N–H and O–H groups in total. The molecule has 0 bridgehead atoms. The Bertz CT molecular complexity index is 465. The fourth-order valence-corrected chi connectivity index (χ4v) is 1.20. The van der Waals surface area contributed by atoms with E-state index in [-0.39, 0.29) is 6.04 Å². The van der Waals surface area contributed by atoms with Crippen LogP contribution < -0.4 is 5.32 Å². The summed E-state index contributed by atoms with van der Waals surface area (Å²) in [5, 5.41) is 17.6. The summed E-state index contributed by atoms with van der Waals surface area (Å²) in [5.74, 6) is 1.23. The number of nitrogens with one attached hydrogen (secondary N) is 2. The Balaban J connectivity index is 2.12. The molecule has 0 saturated carbocycles. The lowest BCUT2D eigenvalue weighted by atomic mass is 10.3. The van der Waals surface area contributed by atoms with Gasteiger partial charge in [-0.15, -0.1) is 5.10 Å². The molecule has 7 heteroatoms. The Morgan fingerprint density at radius 3 is 2.69 bits per heavy atom. The van der Waals surface area contributed by atoms with Crippen LogP contribution in [0.5, 0.6) is 0 Å². The molecule has 0 radical (unpaired) electrons. The second-order valence-corrected chi connectivity index (χ2v) is 3.54. The summed E-state index contributed by atoms with van der Waals surface area (Å²) < 4.78 is 0. The Morgan fingerprint density at radius 2 is 2.06 bits per heavy atom. The zero-order valence-corrected chi connectivity index (χ0v) is 9.39. The largest absolute Gasteiger partial charge is 0.343 e. The second-order valence-electron chi connectivity index (χ2n) is 3.54. The molecule has 1 unspecified atom stereocenters. The zero-order valence-electron chi connectivity index (χ0n) is 9.39. The van der Waals surface area contributed by atoms with Crippen LogP contribution in [0.2, 0.25) is 0 Å². The Kier molecular flexibility index (Phi) is 2.76. The predicted octanol–water partition coefficient (Wildman–Crippen LogP) is 0.780. The van der Waals surface area contributed by atoms with E-state index in [4.69, 9.17) is 0 Å². The highest BCUT2D eigenvalue weighted by molar-refractivity contribution is 5.27. The summed E-state index contributed by atoms with van der Waals surface area (Å²) in [7, 11) is 0. The zero-order chi connectivity index (χ0) is 11.5. The molecule has 2 rings (SSSR count). The van der Waals surface area contributed by atoms with Gasteiger partial charge in [0, 0.05) is 0 Å². The third kappa shape index (κ3) is 2.13. The summed E-state index contributed by atoms with van der Waals surface area (Å²) in [5.41, 5.74) is 1.69. The molecule has 7 nitrogen and oxygen atoms in total. The van der Waals surface area contributed by atoms with Gasteiger partial charge in [-0.25, -0.2) is 9.97 Å². The maximum Gasteiger partial charge on any atom is 0.243 e. The first-order valence-corrected chi connectivity index (χ1v) is 4.96. The molecule has 0 amide bonds. The Hall–Kier alpha value is -2.05. The van der Waals surface area contributed by atoms with Gasteiger partial charge in [0.05, 0.1) is 17.4 Å². The molecule has 2 aromatic heterocycles. The van der Waals surface area contributed by atoms with Crippen molar-refractivity contribution in [3.8, 4) is 0 Å². The molecule has 1 atom stereocenters. The van der Waals surface area contributed by atoms with E-state index < -0.39 is 0 Å². The summed E-state index contributed by atoms with van der Waals surface area (Å²) in [4.78, 5) is 8.32. The first kappa shape index (κ1) is 10.5. The summed E-state index contributed by atoms with van der Waals surface area (Å²) in [6, 6.07) is -0.0357. The van der Waals surface area contributed by atoms with Crippen molar-refractivity contribution in [1.29, 1.82) is 0 Å². The van der Waals surface area contributed by atoms with Crippen molar-refractivity contribution in [1.82, 2.24) is 30.4 Å². The minimum atomic E-state index is -0.0357. The molecule has 0 aliphatic carbocycles. The van der Waals surface area contributed by atoms with Gasteiger partial charge in [0.2, 0.25) is 5.95 Å². The van der Waals surface area contributed by atoms with Crippen LogP contribution in [0.4, 0.5) is 5.95 Å². The first-order chi connectivity index (χ1) is 7.66. The molecule has 16 heavy (non-hydrogen) atoms. The van der Waals surface area contributed by atoms with Crippen molar-refractivity contribution in [2.45, 2.75) is 26.8 Å². The lowest BCUT2D eigenvalue weighted by Crippen LogP contribution is -2.12. The second kappa shape index (κ2) is 4.21. The lowest BCUT2D eigenvalue weighted by Gasteiger charge is -2.10. The third-order valence-electron chi connectivity index (χ3n) is 2.28. The number of aromatic amines is 1. The molecule has 0 aliphatic rings. The Morgan fingerprint density at radius 1 is 1.25 bits per heavy atom. The highest BCUT2D eigenvalue weighted by Crippen LogP contribution is 2.11. The van der Waals surface area contributed by atoms with Crippen molar-refractivity contribution >= 4 is 5.95 Å². The number of hydrogen-bond acceptors (Lipinski definition) is 6. The van der Waals surface area contributed by atoms with E-state index in [1.165, 1.54) is 6.33 Å². The van der Waals surface area contributed by atoms with Crippen LogP contribution in [0.1, 0.15) is 30.2 Å². The van der Waals surface area contributed by atoms with Crippen LogP contribution in [-0.4, -0.2) is 30.4 Å². The molecule has 0 aliphatic heterocycles. The number of anilines is 1. The van der Waals surface area contributed by atoms with Crippen LogP contribution in [0.25, 0.3) is 0 Å². The standard InChI is InChI=1S/C9H13N7/c1-5-6(2)14-16-9(12-5)13-7(3)8-10-4-11-15-8/h4,7H,1-3H3,(H,10,11,15)(H,12,13,16). The SMILES string of the molecule is Cc1nnc(NC(C)c2ncn[nH]2)nc1C. The van der Waals surface area contributed by atoms with Crippen LogP contribution in [0, 0.1) is 13.8 Å². The highest BCUT2D eigenvalue weighted by Gasteiger charge is 2.10.